The summed E-state index contributed by atoms with van der Waals surface area (Å²) in [7, 11) is 0. The van der Waals surface area contributed by atoms with Gasteiger partial charge in [0.05, 0.1) is 6.10 Å². The molecule has 0 aromatic carbocycles. The zero-order valence-electron chi connectivity index (χ0n) is 9.07. The molecule has 1 aromatic rings. The van der Waals surface area contributed by atoms with Crippen molar-refractivity contribution in [1.82, 2.24) is 4.98 Å². The van der Waals surface area contributed by atoms with Crippen LogP contribution >= 0.6 is 11.6 Å². The van der Waals surface area contributed by atoms with Gasteiger partial charge in [-0.1, -0.05) is 25.4 Å². The molecule has 0 aliphatic carbocycles. The number of hydrogen-bond acceptors (Lipinski definition) is 3. The lowest BCUT2D eigenvalue weighted by Gasteiger charge is -2.14. The maximum absolute atomic E-state index is 9.64. The van der Waals surface area contributed by atoms with E-state index < -0.39 is 0 Å². The Morgan fingerprint density at radius 3 is 2.87 bits per heavy atom. The molecule has 0 fully saturated rings. The Labute approximate surface area is 95.5 Å². The minimum Gasteiger partial charge on any atom is -0.391 e. The summed E-state index contributed by atoms with van der Waals surface area (Å²) in [5.74, 6) is 0.503. The van der Waals surface area contributed by atoms with Crippen LogP contribution in [0, 0.1) is 5.92 Å². The minimum absolute atomic E-state index is 0.322. The molecular formula is C11H17ClN2O. The van der Waals surface area contributed by atoms with E-state index in [9.17, 15) is 5.11 Å². The van der Waals surface area contributed by atoms with Gasteiger partial charge < -0.3 is 10.4 Å². The summed E-state index contributed by atoms with van der Waals surface area (Å²) < 4.78 is 0. The molecule has 1 aromatic heterocycles. The molecule has 1 unspecified atom stereocenters. The van der Waals surface area contributed by atoms with Crippen LogP contribution < -0.4 is 5.32 Å². The number of aliphatic hydroxyl groups is 1. The van der Waals surface area contributed by atoms with Crippen molar-refractivity contribution in [3.8, 4) is 0 Å². The molecule has 0 saturated heterocycles. The van der Waals surface area contributed by atoms with Gasteiger partial charge in [-0.25, -0.2) is 4.98 Å². The minimum atomic E-state index is -0.322. The zero-order chi connectivity index (χ0) is 11.3. The molecule has 0 amide bonds. The van der Waals surface area contributed by atoms with E-state index in [0.29, 0.717) is 17.6 Å². The van der Waals surface area contributed by atoms with E-state index in [2.05, 4.69) is 24.1 Å². The zero-order valence-corrected chi connectivity index (χ0v) is 9.83. The van der Waals surface area contributed by atoms with Crippen LogP contribution in [0.4, 0.5) is 5.69 Å². The number of aromatic nitrogens is 1. The Morgan fingerprint density at radius 2 is 2.27 bits per heavy atom. The maximum Gasteiger partial charge on any atom is 0.131 e. The molecule has 1 atom stereocenters. The second-order valence-corrected chi connectivity index (χ2v) is 4.42. The highest BCUT2D eigenvalue weighted by Gasteiger charge is 2.06. The fraction of sp³-hybridized carbons (Fsp3) is 0.545. The number of pyridine rings is 1. The molecule has 2 N–H and O–H groups in total. The third-order valence-corrected chi connectivity index (χ3v) is 2.22. The summed E-state index contributed by atoms with van der Waals surface area (Å²) in [6.07, 6.45) is 2.11. The first-order chi connectivity index (χ1) is 7.08. The highest BCUT2D eigenvalue weighted by atomic mass is 35.5. The standard InChI is InChI=1S/C11H17ClN2O/c1-8(2)5-10(15)7-14-9-3-4-13-11(12)6-9/h3-4,6,8,10,15H,5,7H2,1-2H3,(H,13,14). The van der Waals surface area contributed by atoms with Crippen LogP contribution in [0.15, 0.2) is 18.3 Å². The lowest BCUT2D eigenvalue weighted by molar-refractivity contribution is 0.161. The monoisotopic (exact) mass is 228 g/mol. The quantitative estimate of drug-likeness (QED) is 0.762. The van der Waals surface area contributed by atoms with E-state index in [0.717, 1.165) is 12.1 Å². The molecule has 0 aliphatic heterocycles. The highest BCUT2D eigenvalue weighted by molar-refractivity contribution is 6.29. The van der Waals surface area contributed by atoms with E-state index in [1.807, 2.05) is 6.07 Å². The van der Waals surface area contributed by atoms with Crippen LogP contribution in [0.5, 0.6) is 0 Å². The van der Waals surface area contributed by atoms with Gasteiger partial charge in [0, 0.05) is 18.4 Å². The van der Waals surface area contributed by atoms with E-state index in [-0.39, 0.29) is 6.10 Å². The first kappa shape index (κ1) is 12.3. The van der Waals surface area contributed by atoms with Gasteiger partial charge in [-0.3, -0.25) is 0 Å². The number of nitrogens with one attached hydrogen (secondary N) is 1. The SMILES string of the molecule is CC(C)CC(O)CNc1ccnc(Cl)c1. The van der Waals surface area contributed by atoms with Crippen LogP contribution in [0.1, 0.15) is 20.3 Å². The van der Waals surface area contributed by atoms with Crippen LogP contribution in [0.2, 0.25) is 5.15 Å². The van der Waals surface area contributed by atoms with Gasteiger partial charge in [0.15, 0.2) is 0 Å². The molecule has 0 bridgehead atoms. The summed E-state index contributed by atoms with van der Waals surface area (Å²) in [5.41, 5.74) is 0.887. The molecule has 1 rings (SSSR count). The van der Waals surface area contributed by atoms with Gasteiger partial charge in [0.1, 0.15) is 5.15 Å². The summed E-state index contributed by atoms with van der Waals surface area (Å²) in [6, 6.07) is 3.57. The molecule has 4 heteroatoms. The number of hydrogen-bond donors (Lipinski definition) is 2. The summed E-state index contributed by atoms with van der Waals surface area (Å²) in [5, 5.41) is 13.2. The van der Waals surface area contributed by atoms with Crippen LogP contribution in [-0.2, 0) is 0 Å². The molecule has 0 aliphatic rings. The topological polar surface area (TPSA) is 45.1 Å². The summed E-state index contributed by atoms with van der Waals surface area (Å²) in [6.45, 7) is 4.72. The van der Waals surface area contributed by atoms with Gasteiger partial charge in [-0.15, -0.1) is 0 Å². The molecule has 1 heterocycles. The van der Waals surface area contributed by atoms with Crippen molar-refractivity contribution in [3.63, 3.8) is 0 Å². The predicted molar refractivity (Wildman–Crippen MR) is 63.2 cm³/mol. The van der Waals surface area contributed by atoms with Gasteiger partial charge in [0.2, 0.25) is 0 Å². The molecule has 0 spiro atoms. The highest BCUT2D eigenvalue weighted by Crippen LogP contribution is 2.12. The lowest BCUT2D eigenvalue weighted by atomic mass is 10.1. The van der Waals surface area contributed by atoms with Gasteiger partial charge in [0.25, 0.3) is 0 Å². The Kier molecular flexibility index (Phi) is 4.85. The van der Waals surface area contributed by atoms with Crippen molar-refractivity contribution in [2.45, 2.75) is 26.4 Å². The van der Waals surface area contributed by atoms with E-state index >= 15 is 0 Å². The molecular weight excluding hydrogens is 212 g/mol. The first-order valence-corrected chi connectivity index (χ1v) is 5.49. The number of nitrogens with zero attached hydrogens (tertiary/aromatic N) is 1. The third-order valence-electron chi connectivity index (χ3n) is 2.01. The van der Waals surface area contributed by atoms with Crippen molar-refractivity contribution in [3.05, 3.63) is 23.5 Å². The Balaban J connectivity index is 2.36. The van der Waals surface area contributed by atoms with Crippen molar-refractivity contribution in [2.75, 3.05) is 11.9 Å². The Bertz CT molecular complexity index is 304. The first-order valence-electron chi connectivity index (χ1n) is 5.11. The Morgan fingerprint density at radius 1 is 1.53 bits per heavy atom. The fourth-order valence-corrected chi connectivity index (χ4v) is 1.55. The van der Waals surface area contributed by atoms with Crippen LogP contribution in [-0.4, -0.2) is 22.7 Å². The molecule has 0 saturated carbocycles. The van der Waals surface area contributed by atoms with E-state index in [1.165, 1.54) is 0 Å². The molecule has 15 heavy (non-hydrogen) atoms. The van der Waals surface area contributed by atoms with Crippen molar-refractivity contribution in [1.29, 1.82) is 0 Å². The molecule has 0 radical (unpaired) electrons. The number of aliphatic hydroxyl groups excluding tert-OH is 1. The summed E-state index contributed by atoms with van der Waals surface area (Å²) in [4.78, 5) is 3.88. The van der Waals surface area contributed by atoms with Crippen LogP contribution in [0.3, 0.4) is 0 Å². The maximum atomic E-state index is 9.64. The smallest absolute Gasteiger partial charge is 0.131 e. The lowest BCUT2D eigenvalue weighted by Crippen LogP contribution is -2.21. The van der Waals surface area contributed by atoms with Gasteiger partial charge >= 0.3 is 0 Å². The van der Waals surface area contributed by atoms with Crippen LogP contribution in [0.25, 0.3) is 0 Å². The van der Waals surface area contributed by atoms with Gasteiger partial charge in [-0.2, -0.15) is 0 Å². The number of halogens is 1. The van der Waals surface area contributed by atoms with E-state index in [4.69, 9.17) is 11.6 Å². The third kappa shape index (κ3) is 5.00. The van der Waals surface area contributed by atoms with Crippen molar-refractivity contribution in [2.24, 2.45) is 5.92 Å². The van der Waals surface area contributed by atoms with Crippen molar-refractivity contribution >= 4 is 17.3 Å². The second kappa shape index (κ2) is 5.93. The molecule has 3 nitrogen and oxygen atoms in total. The fourth-order valence-electron chi connectivity index (χ4n) is 1.38. The predicted octanol–water partition coefficient (Wildman–Crippen LogP) is 2.55. The summed E-state index contributed by atoms with van der Waals surface area (Å²) >= 11 is 5.73. The molecule has 84 valence electrons. The largest absolute Gasteiger partial charge is 0.391 e. The normalized spacial score (nSPS) is 12.9. The van der Waals surface area contributed by atoms with Crippen molar-refractivity contribution < 1.29 is 5.11 Å². The Hall–Kier alpha value is -0.800. The average Bonchev–Trinajstić information content (AvgIpc) is 2.14. The number of anilines is 1. The second-order valence-electron chi connectivity index (χ2n) is 4.03. The van der Waals surface area contributed by atoms with E-state index in [1.54, 1.807) is 12.3 Å². The number of rotatable bonds is 5. The average molecular weight is 229 g/mol. The van der Waals surface area contributed by atoms with Gasteiger partial charge in [-0.05, 0) is 24.5 Å².